The quantitative estimate of drug-likeness (QED) is 0.745. The van der Waals surface area contributed by atoms with Crippen LogP contribution in [-0.2, 0) is 0 Å². The average molecular weight is 358 g/mol. The van der Waals surface area contributed by atoms with Crippen LogP contribution in [0, 0.1) is 5.82 Å². The molecular formula is C16H21BrFNO2. The summed E-state index contributed by atoms with van der Waals surface area (Å²) in [6.45, 7) is 0.650. The largest absolute Gasteiger partial charge is 0.494 e. The number of rotatable bonds is 5. The summed E-state index contributed by atoms with van der Waals surface area (Å²) in [5, 5.41) is 0.730. The molecule has 0 aliphatic heterocycles. The number of alkyl halides is 1. The molecule has 1 aliphatic carbocycles. The van der Waals surface area contributed by atoms with Gasteiger partial charge in [0, 0.05) is 23.5 Å². The number of benzene rings is 1. The van der Waals surface area contributed by atoms with Crippen molar-refractivity contribution in [3.63, 3.8) is 0 Å². The Kier molecular flexibility index (Phi) is 6.03. The van der Waals surface area contributed by atoms with Crippen molar-refractivity contribution in [1.29, 1.82) is 0 Å². The first-order chi connectivity index (χ1) is 10.2. The van der Waals surface area contributed by atoms with E-state index in [1.807, 2.05) is 4.90 Å². The van der Waals surface area contributed by atoms with Crippen molar-refractivity contribution in [2.24, 2.45) is 0 Å². The number of hydrogen-bond donors (Lipinski definition) is 0. The molecular weight excluding hydrogens is 337 g/mol. The molecule has 116 valence electrons. The molecule has 0 unspecified atom stereocenters. The molecule has 0 saturated heterocycles. The molecule has 1 saturated carbocycles. The van der Waals surface area contributed by atoms with Gasteiger partial charge in [-0.25, -0.2) is 4.39 Å². The molecule has 1 fully saturated rings. The molecule has 1 amide bonds. The number of ether oxygens (including phenoxy) is 1. The van der Waals surface area contributed by atoms with Crippen LogP contribution in [0.25, 0.3) is 0 Å². The third-order valence-corrected chi connectivity index (χ3v) is 4.36. The zero-order valence-electron chi connectivity index (χ0n) is 12.3. The summed E-state index contributed by atoms with van der Waals surface area (Å²) in [6, 6.07) is 4.68. The van der Waals surface area contributed by atoms with E-state index < -0.39 is 5.82 Å². The maximum absolute atomic E-state index is 13.8. The Morgan fingerprint density at radius 3 is 2.67 bits per heavy atom. The van der Waals surface area contributed by atoms with E-state index in [1.54, 1.807) is 6.07 Å². The highest BCUT2D eigenvalue weighted by Gasteiger charge is 2.26. The fraction of sp³-hybridized carbons (Fsp3) is 0.562. The first-order valence-electron chi connectivity index (χ1n) is 7.38. The Hall–Kier alpha value is -1.10. The van der Waals surface area contributed by atoms with Crippen LogP contribution in [0.15, 0.2) is 18.2 Å². The normalized spacial score (nSPS) is 15.8. The second-order valence-corrected chi connectivity index (χ2v) is 6.12. The fourth-order valence-corrected chi connectivity index (χ4v) is 3.28. The molecule has 0 heterocycles. The highest BCUT2D eigenvalue weighted by atomic mass is 79.9. The molecule has 5 heteroatoms. The Labute approximate surface area is 133 Å². The summed E-state index contributed by atoms with van der Waals surface area (Å²) in [7, 11) is 1.42. The molecule has 0 aromatic heterocycles. The molecule has 3 nitrogen and oxygen atoms in total. The summed E-state index contributed by atoms with van der Waals surface area (Å²) in [5.74, 6) is -0.426. The van der Waals surface area contributed by atoms with Gasteiger partial charge in [-0.2, -0.15) is 0 Å². The van der Waals surface area contributed by atoms with Gasteiger partial charge in [-0.1, -0.05) is 35.2 Å². The topological polar surface area (TPSA) is 29.5 Å². The molecule has 0 N–H and O–H groups in total. The summed E-state index contributed by atoms with van der Waals surface area (Å²) in [5.41, 5.74) is 0.389. The third kappa shape index (κ3) is 3.96. The minimum atomic E-state index is -0.495. The van der Waals surface area contributed by atoms with E-state index >= 15 is 0 Å². The predicted octanol–water partition coefficient (Wildman–Crippen LogP) is 4.00. The van der Waals surface area contributed by atoms with Crippen LogP contribution in [-0.4, -0.2) is 35.8 Å². The maximum Gasteiger partial charge on any atom is 0.254 e. The van der Waals surface area contributed by atoms with Crippen LogP contribution in [0.3, 0.4) is 0 Å². The van der Waals surface area contributed by atoms with Gasteiger partial charge in [-0.05, 0) is 31.0 Å². The Bertz CT molecular complexity index is 489. The van der Waals surface area contributed by atoms with E-state index in [4.69, 9.17) is 4.74 Å². The van der Waals surface area contributed by atoms with E-state index in [9.17, 15) is 9.18 Å². The van der Waals surface area contributed by atoms with Crippen LogP contribution in [0.1, 0.15) is 42.5 Å². The summed E-state index contributed by atoms with van der Waals surface area (Å²) in [4.78, 5) is 14.6. The van der Waals surface area contributed by atoms with Crippen LogP contribution < -0.4 is 4.74 Å². The van der Waals surface area contributed by atoms with Crippen molar-refractivity contribution in [1.82, 2.24) is 4.90 Å². The van der Waals surface area contributed by atoms with Crippen molar-refractivity contribution >= 4 is 21.8 Å². The molecule has 0 radical (unpaired) electrons. The molecule has 0 spiro atoms. The standard InChI is InChI=1S/C16H21BrFNO2/c1-21-15-8-7-12(11-14(15)18)16(20)19(10-9-17)13-5-3-2-4-6-13/h7-8,11,13H,2-6,9-10H2,1H3. The molecule has 1 aromatic carbocycles. The van der Waals surface area contributed by atoms with Crippen molar-refractivity contribution < 1.29 is 13.9 Å². The van der Waals surface area contributed by atoms with Crippen molar-refractivity contribution in [3.05, 3.63) is 29.6 Å². The highest BCUT2D eigenvalue weighted by Crippen LogP contribution is 2.25. The maximum atomic E-state index is 13.8. The van der Waals surface area contributed by atoms with Gasteiger partial charge in [0.2, 0.25) is 0 Å². The van der Waals surface area contributed by atoms with E-state index in [0.29, 0.717) is 12.1 Å². The number of hydrogen-bond acceptors (Lipinski definition) is 2. The second-order valence-electron chi connectivity index (χ2n) is 5.33. The number of halogens is 2. The molecule has 0 atom stereocenters. The van der Waals surface area contributed by atoms with Gasteiger partial charge in [0.05, 0.1) is 7.11 Å². The number of methoxy groups -OCH3 is 1. The minimum absolute atomic E-state index is 0.0945. The van der Waals surface area contributed by atoms with Crippen molar-refractivity contribution in [2.45, 2.75) is 38.1 Å². The van der Waals surface area contributed by atoms with Gasteiger partial charge in [-0.3, -0.25) is 4.79 Å². The van der Waals surface area contributed by atoms with Crippen molar-refractivity contribution in [2.75, 3.05) is 19.0 Å². The van der Waals surface area contributed by atoms with Crippen LogP contribution in [0.2, 0.25) is 0 Å². The molecule has 21 heavy (non-hydrogen) atoms. The van der Waals surface area contributed by atoms with E-state index in [1.165, 1.54) is 25.7 Å². The van der Waals surface area contributed by atoms with Gasteiger partial charge in [0.1, 0.15) is 0 Å². The molecule has 2 rings (SSSR count). The monoisotopic (exact) mass is 357 g/mol. The molecule has 1 aliphatic rings. The smallest absolute Gasteiger partial charge is 0.254 e. The van der Waals surface area contributed by atoms with Crippen LogP contribution >= 0.6 is 15.9 Å². The Morgan fingerprint density at radius 2 is 2.10 bits per heavy atom. The van der Waals surface area contributed by atoms with Gasteiger partial charge in [-0.15, -0.1) is 0 Å². The zero-order valence-corrected chi connectivity index (χ0v) is 13.9. The predicted molar refractivity (Wildman–Crippen MR) is 84.7 cm³/mol. The number of carbonyl (C=O) groups is 1. The molecule has 1 aromatic rings. The summed E-state index contributed by atoms with van der Waals surface area (Å²) >= 11 is 3.41. The van der Waals surface area contributed by atoms with Crippen LogP contribution in [0.5, 0.6) is 5.75 Å². The van der Waals surface area contributed by atoms with Gasteiger partial charge < -0.3 is 9.64 Å². The Balaban J connectivity index is 2.19. The van der Waals surface area contributed by atoms with Crippen molar-refractivity contribution in [3.8, 4) is 5.75 Å². The number of nitrogens with zero attached hydrogens (tertiary/aromatic N) is 1. The Morgan fingerprint density at radius 1 is 1.38 bits per heavy atom. The summed E-state index contributed by atoms with van der Waals surface area (Å²) < 4.78 is 18.7. The zero-order chi connectivity index (χ0) is 15.2. The fourth-order valence-electron chi connectivity index (χ4n) is 2.90. The number of amides is 1. The van der Waals surface area contributed by atoms with Gasteiger partial charge >= 0.3 is 0 Å². The van der Waals surface area contributed by atoms with Gasteiger partial charge in [0.25, 0.3) is 5.91 Å². The minimum Gasteiger partial charge on any atom is -0.494 e. The highest BCUT2D eigenvalue weighted by molar-refractivity contribution is 9.09. The van der Waals surface area contributed by atoms with E-state index in [2.05, 4.69) is 15.9 Å². The van der Waals surface area contributed by atoms with E-state index in [0.717, 1.165) is 31.0 Å². The lowest BCUT2D eigenvalue weighted by atomic mass is 9.93. The first kappa shape index (κ1) is 16.3. The summed E-state index contributed by atoms with van der Waals surface area (Å²) in [6.07, 6.45) is 5.64. The number of carbonyl (C=O) groups excluding carboxylic acids is 1. The second kappa shape index (κ2) is 7.78. The SMILES string of the molecule is COc1ccc(C(=O)N(CCBr)C2CCCCC2)cc1F. The average Bonchev–Trinajstić information content (AvgIpc) is 2.52. The lowest BCUT2D eigenvalue weighted by Crippen LogP contribution is -2.42. The van der Waals surface area contributed by atoms with Gasteiger partial charge in [0.15, 0.2) is 11.6 Å². The van der Waals surface area contributed by atoms with Crippen LogP contribution in [0.4, 0.5) is 4.39 Å². The lowest BCUT2D eigenvalue weighted by molar-refractivity contribution is 0.0650. The third-order valence-electron chi connectivity index (χ3n) is 4.00. The first-order valence-corrected chi connectivity index (χ1v) is 8.50. The molecule has 0 bridgehead atoms. The van der Waals surface area contributed by atoms with E-state index in [-0.39, 0.29) is 17.7 Å². The lowest BCUT2D eigenvalue weighted by Gasteiger charge is -2.34.